The number of carbonyl (C=O) groups is 2. The number of non-ortho nitro benzene ring substituents is 1. The summed E-state index contributed by atoms with van der Waals surface area (Å²) in [7, 11) is 0. The molecule has 0 aliphatic heterocycles. The fraction of sp³-hybridized carbons (Fsp3) is 0.0417. The van der Waals surface area contributed by atoms with Crippen LogP contribution < -0.4 is 10.6 Å². The van der Waals surface area contributed by atoms with E-state index in [0.717, 1.165) is 4.90 Å². The lowest BCUT2D eigenvalue weighted by atomic mass is 10.1. The predicted molar refractivity (Wildman–Crippen MR) is 134 cm³/mol. The molecule has 176 valence electrons. The van der Waals surface area contributed by atoms with Gasteiger partial charge < -0.3 is 10.6 Å². The SMILES string of the molecule is O=C(CSc1cccc(NC(=O)c2ccc(F)cc2)c1)Nc1nc(-c2cccc([N+](=O)[O-])c2)cs1. The van der Waals surface area contributed by atoms with Crippen molar-refractivity contribution in [2.45, 2.75) is 4.90 Å². The summed E-state index contributed by atoms with van der Waals surface area (Å²) >= 11 is 2.51. The number of aromatic nitrogens is 1. The van der Waals surface area contributed by atoms with Crippen molar-refractivity contribution >= 4 is 51.4 Å². The molecule has 3 aromatic carbocycles. The number of thiazole rings is 1. The molecule has 2 amide bonds. The van der Waals surface area contributed by atoms with Crippen molar-refractivity contribution < 1.29 is 18.9 Å². The maximum Gasteiger partial charge on any atom is 0.270 e. The second kappa shape index (κ2) is 10.9. The first kappa shape index (κ1) is 24.0. The van der Waals surface area contributed by atoms with Crippen molar-refractivity contribution in [3.63, 3.8) is 0 Å². The highest BCUT2D eigenvalue weighted by Gasteiger charge is 2.12. The Morgan fingerprint density at radius 1 is 1.03 bits per heavy atom. The third-order valence-electron chi connectivity index (χ3n) is 4.67. The number of nitro benzene ring substituents is 1. The molecule has 35 heavy (non-hydrogen) atoms. The highest BCUT2D eigenvalue weighted by Crippen LogP contribution is 2.28. The van der Waals surface area contributed by atoms with E-state index in [2.05, 4.69) is 15.6 Å². The van der Waals surface area contributed by atoms with Crippen LogP contribution >= 0.6 is 23.1 Å². The van der Waals surface area contributed by atoms with E-state index < -0.39 is 10.7 Å². The number of amides is 2. The van der Waals surface area contributed by atoms with E-state index in [1.165, 1.54) is 59.5 Å². The molecule has 1 aromatic heterocycles. The smallest absolute Gasteiger partial charge is 0.270 e. The van der Waals surface area contributed by atoms with Crippen LogP contribution in [0.3, 0.4) is 0 Å². The third kappa shape index (κ3) is 6.49. The monoisotopic (exact) mass is 508 g/mol. The van der Waals surface area contributed by atoms with E-state index in [4.69, 9.17) is 0 Å². The van der Waals surface area contributed by atoms with Crippen molar-refractivity contribution in [3.05, 3.63) is 99.7 Å². The number of thioether (sulfide) groups is 1. The van der Waals surface area contributed by atoms with Crippen molar-refractivity contribution in [2.75, 3.05) is 16.4 Å². The lowest BCUT2D eigenvalue weighted by molar-refractivity contribution is -0.384. The molecule has 0 spiro atoms. The number of anilines is 2. The maximum absolute atomic E-state index is 13.0. The average molecular weight is 509 g/mol. The normalized spacial score (nSPS) is 10.5. The number of hydrogen-bond acceptors (Lipinski definition) is 7. The maximum atomic E-state index is 13.0. The summed E-state index contributed by atoms with van der Waals surface area (Å²) in [6, 6.07) is 18.4. The molecule has 11 heteroatoms. The largest absolute Gasteiger partial charge is 0.322 e. The third-order valence-corrected chi connectivity index (χ3v) is 6.42. The Balaban J connectivity index is 1.32. The summed E-state index contributed by atoms with van der Waals surface area (Å²) < 4.78 is 13.0. The number of benzene rings is 3. The van der Waals surface area contributed by atoms with Gasteiger partial charge in [-0.1, -0.05) is 18.2 Å². The van der Waals surface area contributed by atoms with Crippen molar-refractivity contribution in [3.8, 4) is 11.3 Å². The molecule has 0 fully saturated rings. The van der Waals surface area contributed by atoms with Crippen molar-refractivity contribution in [2.24, 2.45) is 0 Å². The number of rotatable bonds is 8. The Labute approximate surface area is 207 Å². The van der Waals surface area contributed by atoms with Crippen LogP contribution in [0.25, 0.3) is 11.3 Å². The fourth-order valence-electron chi connectivity index (χ4n) is 3.01. The first-order valence-corrected chi connectivity index (χ1v) is 12.0. The quantitative estimate of drug-likeness (QED) is 0.176. The molecule has 0 aliphatic carbocycles. The zero-order valence-electron chi connectivity index (χ0n) is 17.9. The first-order chi connectivity index (χ1) is 16.9. The van der Waals surface area contributed by atoms with Gasteiger partial charge in [0.05, 0.1) is 16.4 Å². The molecule has 4 aromatic rings. The molecular weight excluding hydrogens is 491 g/mol. The van der Waals surface area contributed by atoms with Crippen LogP contribution in [-0.2, 0) is 4.79 Å². The average Bonchev–Trinajstić information content (AvgIpc) is 3.32. The van der Waals surface area contributed by atoms with E-state index in [-0.39, 0.29) is 23.3 Å². The summed E-state index contributed by atoms with van der Waals surface area (Å²) in [5.74, 6) is -0.943. The predicted octanol–water partition coefficient (Wildman–Crippen LogP) is 5.84. The number of hydrogen-bond donors (Lipinski definition) is 2. The molecule has 0 unspecified atom stereocenters. The second-order valence-corrected chi connectivity index (χ2v) is 9.08. The minimum Gasteiger partial charge on any atom is -0.322 e. The van der Waals surface area contributed by atoms with Gasteiger partial charge in [0.25, 0.3) is 11.6 Å². The summed E-state index contributed by atoms with van der Waals surface area (Å²) in [5.41, 5.74) is 1.97. The van der Waals surface area contributed by atoms with Gasteiger partial charge in [-0.05, 0) is 42.5 Å². The minimum absolute atomic E-state index is 0.0337. The number of carbonyl (C=O) groups excluding carboxylic acids is 2. The van der Waals surface area contributed by atoms with Crippen molar-refractivity contribution in [1.82, 2.24) is 4.98 Å². The van der Waals surface area contributed by atoms with Gasteiger partial charge in [-0.3, -0.25) is 19.7 Å². The number of nitrogens with zero attached hydrogens (tertiary/aromatic N) is 2. The van der Waals surface area contributed by atoms with E-state index in [9.17, 15) is 24.1 Å². The van der Waals surface area contributed by atoms with Gasteiger partial charge in [0, 0.05) is 39.2 Å². The van der Waals surface area contributed by atoms with Crippen LogP contribution in [0.5, 0.6) is 0 Å². The first-order valence-electron chi connectivity index (χ1n) is 10.2. The van der Waals surface area contributed by atoms with Gasteiger partial charge in [-0.15, -0.1) is 23.1 Å². The Morgan fingerprint density at radius 3 is 2.57 bits per heavy atom. The summed E-state index contributed by atoms with van der Waals surface area (Å²) in [4.78, 5) is 40.3. The van der Waals surface area contributed by atoms with E-state index >= 15 is 0 Å². The Morgan fingerprint density at radius 2 is 1.80 bits per heavy atom. The second-order valence-electron chi connectivity index (χ2n) is 7.17. The van der Waals surface area contributed by atoms with Crippen LogP contribution in [-0.4, -0.2) is 27.5 Å². The van der Waals surface area contributed by atoms with E-state index in [1.807, 2.05) is 6.07 Å². The van der Waals surface area contributed by atoms with Crippen LogP contribution in [0.2, 0.25) is 0 Å². The summed E-state index contributed by atoms with van der Waals surface area (Å²) in [6.45, 7) is 0. The topological polar surface area (TPSA) is 114 Å². The van der Waals surface area contributed by atoms with Crippen LogP contribution in [0.4, 0.5) is 20.9 Å². The molecule has 2 N–H and O–H groups in total. The van der Waals surface area contributed by atoms with Gasteiger partial charge >= 0.3 is 0 Å². The zero-order valence-corrected chi connectivity index (χ0v) is 19.6. The number of nitro groups is 1. The zero-order chi connectivity index (χ0) is 24.8. The lowest BCUT2D eigenvalue weighted by Crippen LogP contribution is -2.14. The molecule has 4 rings (SSSR count). The highest BCUT2D eigenvalue weighted by molar-refractivity contribution is 8.00. The Kier molecular flexibility index (Phi) is 7.48. The van der Waals surface area contributed by atoms with E-state index in [0.29, 0.717) is 27.6 Å². The van der Waals surface area contributed by atoms with Crippen LogP contribution in [0, 0.1) is 15.9 Å². The number of nitrogens with one attached hydrogen (secondary N) is 2. The Hall–Kier alpha value is -4.09. The van der Waals surface area contributed by atoms with E-state index in [1.54, 1.807) is 35.7 Å². The summed E-state index contributed by atoms with van der Waals surface area (Å²) in [6.07, 6.45) is 0. The Bertz CT molecular complexity index is 1390. The van der Waals surface area contributed by atoms with Gasteiger partial charge in [-0.2, -0.15) is 0 Å². The van der Waals surface area contributed by atoms with Gasteiger partial charge in [0.2, 0.25) is 5.91 Å². The molecule has 0 aliphatic rings. The molecule has 8 nitrogen and oxygen atoms in total. The molecular formula is C24H17FN4O4S2. The molecule has 0 bridgehead atoms. The molecule has 0 radical (unpaired) electrons. The number of halogens is 1. The molecule has 1 heterocycles. The molecule has 0 saturated carbocycles. The fourth-order valence-corrected chi connectivity index (χ4v) is 4.51. The van der Waals surface area contributed by atoms with Gasteiger partial charge in [-0.25, -0.2) is 9.37 Å². The molecule has 0 saturated heterocycles. The van der Waals surface area contributed by atoms with Gasteiger partial charge in [0.1, 0.15) is 5.82 Å². The summed E-state index contributed by atoms with van der Waals surface area (Å²) in [5, 5.41) is 18.5. The minimum atomic E-state index is -0.473. The highest BCUT2D eigenvalue weighted by atomic mass is 32.2. The van der Waals surface area contributed by atoms with Crippen LogP contribution in [0.1, 0.15) is 10.4 Å². The lowest BCUT2D eigenvalue weighted by Gasteiger charge is -2.08. The van der Waals surface area contributed by atoms with Crippen LogP contribution in [0.15, 0.2) is 83.1 Å². The van der Waals surface area contributed by atoms with Gasteiger partial charge in [0.15, 0.2) is 5.13 Å². The van der Waals surface area contributed by atoms with Crippen molar-refractivity contribution in [1.29, 1.82) is 0 Å². The standard InChI is InChI=1S/C24H17FN4O4S2/c25-17-9-7-15(8-10-17)23(31)26-18-4-2-6-20(12-18)34-14-22(30)28-24-27-21(13-35-24)16-3-1-5-19(11-16)29(32)33/h1-13H,14H2,(H,26,31)(H,27,28,30). The molecule has 0 atom stereocenters.